The van der Waals surface area contributed by atoms with E-state index in [0.29, 0.717) is 21.4 Å². The Morgan fingerprint density at radius 1 is 1.03 bits per heavy atom. The zero-order chi connectivity index (χ0) is 23.2. The molecule has 174 valence electrons. The number of allylic oxidation sites excluding steroid dienone is 2. The van der Waals surface area contributed by atoms with Crippen LogP contribution < -0.4 is 10.6 Å². The van der Waals surface area contributed by atoms with Crippen molar-refractivity contribution in [2.24, 2.45) is 0 Å². The topological polar surface area (TPSA) is 61.4 Å². The first-order chi connectivity index (χ1) is 16.0. The smallest absolute Gasteiger partial charge is 0.251 e. The number of benzene rings is 2. The van der Waals surface area contributed by atoms with Crippen LogP contribution in [0, 0.1) is 0 Å². The standard InChI is InChI=1S/C25H27Cl2N3O2S/c26-20-9-8-18(14-21(20)27)19-15-22(19)28-10-13-33-16-23(25(32)30-11-4-5-12-30)29-24(31)17-6-2-1-3-7-17/h1-3,6-9,14,23,28H,4-5,10-13,15-16H2,(H,29,31)/t23-/m0/s1. The Balaban J connectivity index is 1.27. The highest BCUT2D eigenvalue weighted by Gasteiger charge is 2.28. The summed E-state index contributed by atoms with van der Waals surface area (Å²) in [5.74, 6) is 1.20. The number of nitrogens with one attached hydrogen (secondary N) is 2. The van der Waals surface area contributed by atoms with Gasteiger partial charge in [-0.2, -0.15) is 11.8 Å². The minimum Gasteiger partial charge on any atom is -0.387 e. The van der Waals surface area contributed by atoms with E-state index in [1.807, 2.05) is 41.3 Å². The third-order valence-electron chi connectivity index (χ3n) is 5.79. The molecule has 2 aromatic rings. The quantitative estimate of drug-likeness (QED) is 0.454. The Hall–Kier alpha value is -2.15. The highest BCUT2D eigenvalue weighted by Crippen LogP contribution is 2.39. The molecule has 1 aliphatic carbocycles. The highest BCUT2D eigenvalue weighted by molar-refractivity contribution is 7.99. The predicted octanol–water partition coefficient (Wildman–Crippen LogP) is 4.85. The number of nitrogens with zero attached hydrogens (tertiary/aromatic N) is 1. The maximum absolute atomic E-state index is 13.0. The molecule has 33 heavy (non-hydrogen) atoms. The maximum atomic E-state index is 13.0. The summed E-state index contributed by atoms with van der Waals surface area (Å²) in [6, 6.07) is 14.2. The van der Waals surface area contributed by atoms with Gasteiger partial charge in [0.05, 0.1) is 10.0 Å². The first-order valence-corrected chi connectivity index (χ1v) is 13.1. The van der Waals surface area contributed by atoms with Crippen molar-refractivity contribution in [3.05, 3.63) is 75.4 Å². The predicted molar refractivity (Wildman–Crippen MR) is 137 cm³/mol. The van der Waals surface area contributed by atoms with Crippen molar-refractivity contribution in [1.82, 2.24) is 15.5 Å². The van der Waals surface area contributed by atoms with Gasteiger partial charge in [0.15, 0.2) is 0 Å². The number of carbonyl (C=O) groups is 2. The summed E-state index contributed by atoms with van der Waals surface area (Å²) < 4.78 is 0. The van der Waals surface area contributed by atoms with E-state index in [0.717, 1.165) is 50.2 Å². The van der Waals surface area contributed by atoms with Crippen molar-refractivity contribution in [1.29, 1.82) is 0 Å². The van der Waals surface area contributed by atoms with Gasteiger partial charge in [0.2, 0.25) is 5.91 Å². The van der Waals surface area contributed by atoms with Crippen LogP contribution >= 0.6 is 35.0 Å². The molecule has 2 aliphatic rings. The van der Waals surface area contributed by atoms with Crippen LogP contribution in [0.15, 0.2) is 54.2 Å². The first kappa shape index (κ1) is 24.0. The van der Waals surface area contributed by atoms with Gasteiger partial charge in [0.25, 0.3) is 5.91 Å². The molecule has 1 atom stereocenters. The lowest BCUT2D eigenvalue weighted by Crippen LogP contribution is -2.49. The van der Waals surface area contributed by atoms with Crippen LogP contribution in [0.1, 0.15) is 35.2 Å². The van der Waals surface area contributed by atoms with Gasteiger partial charge < -0.3 is 15.5 Å². The fourth-order valence-electron chi connectivity index (χ4n) is 3.90. The number of thioether (sulfide) groups is 1. The van der Waals surface area contributed by atoms with Gasteiger partial charge in [-0.3, -0.25) is 9.59 Å². The van der Waals surface area contributed by atoms with E-state index in [1.54, 1.807) is 23.9 Å². The van der Waals surface area contributed by atoms with Gasteiger partial charge in [-0.1, -0.05) is 47.5 Å². The summed E-state index contributed by atoms with van der Waals surface area (Å²) in [4.78, 5) is 27.5. The minimum absolute atomic E-state index is 0.0176. The molecule has 0 aromatic heterocycles. The van der Waals surface area contributed by atoms with Crippen LogP contribution in [-0.2, 0) is 4.79 Å². The summed E-state index contributed by atoms with van der Waals surface area (Å²) in [5.41, 5.74) is 4.14. The lowest BCUT2D eigenvalue weighted by molar-refractivity contribution is -0.131. The van der Waals surface area contributed by atoms with E-state index in [2.05, 4.69) is 10.6 Å². The number of rotatable bonds is 10. The molecule has 1 heterocycles. The SMILES string of the molecule is O=C(N[C@@H](CSCCNC1=C(c2ccc(Cl)c(Cl)c2)C1)C(=O)N1CCCC1)c1ccccc1. The zero-order valence-electron chi connectivity index (χ0n) is 18.3. The second kappa shape index (κ2) is 11.3. The van der Waals surface area contributed by atoms with Gasteiger partial charge in [0, 0.05) is 48.8 Å². The third kappa shape index (κ3) is 6.46. The van der Waals surface area contributed by atoms with E-state index in [1.165, 1.54) is 11.3 Å². The van der Waals surface area contributed by atoms with Crippen LogP contribution in [0.2, 0.25) is 10.0 Å². The van der Waals surface area contributed by atoms with Gasteiger partial charge in [-0.05, 0) is 48.2 Å². The molecule has 0 unspecified atom stereocenters. The Kier molecular flexibility index (Phi) is 8.23. The Morgan fingerprint density at radius 2 is 1.79 bits per heavy atom. The molecule has 0 radical (unpaired) electrons. The molecule has 8 heteroatoms. The lowest BCUT2D eigenvalue weighted by Gasteiger charge is -2.24. The minimum atomic E-state index is -0.521. The van der Waals surface area contributed by atoms with Crippen molar-refractivity contribution >= 4 is 52.4 Å². The van der Waals surface area contributed by atoms with E-state index in [4.69, 9.17) is 23.2 Å². The Morgan fingerprint density at radius 3 is 2.52 bits per heavy atom. The largest absolute Gasteiger partial charge is 0.387 e. The molecular weight excluding hydrogens is 477 g/mol. The van der Waals surface area contributed by atoms with Crippen LogP contribution in [0.5, 0.6) is 0 Å². The average Bonchev–Trinajstić information content (AvgIpc) is 3.38. The molecule has 2 aromatic carbocycles. The van der Waals surface area contributed by atoms with E-state index >= 15 is 0 Å². The van der Waals surface area contributed by atoms with Crippen molar-refractivity contribution in [3.63, 3.8) is 0 Å². The van der Waals surface area contributed by atoms with Crippen LogP contribution in [0.3, 0.4) is 0 Å². The number of carbonyl (C=O) groups excluding carboxylic acids is 2. The number of halogens is 2. The number of hydrogen-bond donors (Lipinski definition) is 2. The highest BCUT2D eigenvalue weighted by atomic mass is 35.5. The molecule has 1 fully saturated rings. The van der Waals surface area contributed by atoms with E-state index in [9.17, 15) is 9.59 Å². The van der Waals surface area contributed by atoms with E-state index < -0.39 is 6.04 Å². The number of likely N-dealkylation sites (tertiary alicyclic amines) is 1. The Bertz CT molecular complexity index is 1040. The van der Waals surface area contributed by atoms with Crippen molar-refractivity contribution in [2.45, 2.75) is 25.3 Å². The summed E-state index contributed by atoms with van der Waals surface area (Å²) in [5, 5.41) is 7.55. The Labute approximate surface area is 208 Å². The number of hydrogen-bond acceptors (Lipinski definition) is 4. The molecule has 4 rings (SSSR count). The van der Waals surface area contributed by atoms with Crippen molar-refractivity contribution < 1.29 is 9.59 Å². The summed E-state index contributed by atoms with van der Waals surface area (Å²) in [6.45, 7) is 2.34. The second-order valence-electron chi connectivity index (χ2n) is 8.19. The van der Waals surface area contributed by atoms with Gasteiger partial charge >= 0.3 is 0 Å². The fraction of sp³-hybridized carbons (Fsp3) is 0.360. The number of amides is 2. The second-order valence-corrected chi connectivity index (χ2v) is 10.2. The summed E-state index contributed by atoms with van der Waals surface area (Å²) in [7, 11) is 0. The average molecular weight is 504 g/mol. The third-order valence-corrected chi connectivity index (χ3v) is 7.59. The molecule has 0 saturated carbocycles. The van der Waals surface area contributed by atoms with Crippen molar-refractivity contribution in [3.8, 4) is 0 Å². The molecular formula is C25H27Cl2N3O2S. The monoisotopic (exact) mass is 503 g/mol. The zero-order valence-corrected chi connectivity index (χ0v) is 20.6. The molecule has 2 amide bonds. The van der Waals surface area contributed by atoms with Gasteiger partial charge in [0.1, 0.15) is 6.04 Å². The first-order valence-electron chi connectivity index (χ1n) is 11.2. The van der Waals surface area contributed by atoms with Gasteiger partial charge in [-0.25, -0.2) is 0 Å². The molecule has 2 N–H and O–H groups in total. The van der Waals surface area contributed by atoms with Crippen LogP contribution in [0.25, 0.3) is 5.57 Å². The maximum Gasteiger partial charge on any atom is 0.251 e. The van der Waals surface area contributed by atoms with Crippen LogP contribution in [0.4, 0.5) is 0 Å². The van der Waals surface area contributed by atoms with Crippen molar-refractivity contribution in [2.75, 3.05) is 31.1 Å². The normalized spacial score (nSPS) is 16.0. The fourth-order valence-corrected chi connectivity index (χ4v) is 5.07. The van der Waals surface area contributed by atoms with Gasteiger partial charge in [-0.15, -0.1) is 0 Å². The summed E-state index contributed by atoms with van der Waals surface area (Å²) in [6.07, 6.45) is 2.97. The molecule has 0 spiro atoms. The molecule has 0 bridgehead atoms. The lowest BCUT2D eigenvalue weighted by atomic mass is 10.2. The molecule has 1 aliphatic heterocycles. The molecule has 1 saturated heterocycles. The van der Waals surface area contributed by atoms with Crippen LogP contribution in [-0.4, -0.2) is 53.9 Å². The summed E-state index contributed by atoms with van der Waals surface area (Å²) >= 11 is 13.8. The van der Waals surface area contributed by atoms with E-state index in [-0.39, 0.29) is 11.8 Å². The molecule has 5 nitrogen and oxygen atoms in total.